The molecule has 0 bridgehead atoms. The number of rotatable bonds is 5. The van der Waals surface area contributed by atoms with E-state index in [2.05, 4.69) is 0 Å². The van der Waals surface area contributed by atoms with Crippen LogP contribution in [0.25, 0.3) is 0 Å². The van der Waals surface area contributed by atoms with Gasteiger partial charge in [-0.3, -0.25) is 0 Å². The van der Waals surface area contributed by atoms with Crippen LogP contribution in [0.4, 0.5) is 0 Å². The molecule has 23 heavy (non-hydrogen) atoms. The molecule has 5 unspecified atom stereocenters. The highest BCUT2D eigenvalue weighted by molar-refractivity contribution is 5.38. The van der Waals surface area contributed by atoms with Crippen LogP contribution < -0.4 is 4.74 Å². The molecule has 130 valence electrons. The third-order valence-electron chi connectivity index (χ3n) is 4.02. The zero-order valence-corrected chi connectivity index (χ0v) is 13.2. The summed E-state index contributed by atoms with van der Waals surface area (Å²) in [6, 6.07) is 5.32. The molecule has 0 saturated carbocycles. The minimum Gasteiger partial charge on any atom is -0.462 e. The van der Waals surface area contributed by atoms with Crippen LogP contribution >= 0.6 is 0 Å². The zero-order valence-electron chi connectivity index (χ0n) is 13.2. The van der Waals surface area contributed by atoms with Crippen LogP contribution in [0.5, 0.6) is 5.75 Å². The summed E-state index contributed by atoms with van der Waals surface area (Å²) in [5.74, 6) is 0.558. The summed E-state index contributed by atoms with van der Waals surface area (Å²) in [6.45, 7) is 3.23. The average molecular weight is 328 g/mol. The lowest BCUT2D eigenvalue weighted by Gasteiger charge is -2.39. The number of hydrogen-bond donors (Lipinski definition) is 5. The molecule has 5 atom stereocenters. The molecule has 7 heteroatoms. The smallest absolute Gasteiger partial charge is 0.229 e. The highest BCUT2D eigenvalue weighted by Crippen LogP contribution is 2.29. The number of benzene rings is 1. The Balaban J connectivity index is 2.24. The van der Waals surface area contributed by atoms with Crippen molar-refractivity contribution in [1.82, 2.24) is 0 Å². The highest BCUT2D eigenvalue weighted by Gasteiger charge is 2.44. The van der Waals surface area contributed by atoms with Crippen LogP contribution in [0.1, 0.15) is 30.9 Å². The Hall–Kier alpha value is -1.22. The molecule has 5 N–H and O–H groups in total. The number of hydrogen-bond acceptors (Lipinski definition) is 7. The molecule has 1 saturated heterocycles. The van der Waals surface area contributed by atoms with Gasteiger partial charge in [0.15, 0.2) is 0 Å². The van der Waals surface area contributed by atoms with Gasteiger partial charge in [-0.25, -0.2) is 0 Å². The Morgan fingerprint density at radius 1 is 1.09 bits per heavy atom. The first kappa shape index (κ1) is 18.1. The second-order valence-corrected chi connectivity index (χ2v) is 6.00. The fourth-order valence-electron chi connectivity index (χ4n) is 2.46. The van der Waals surface area contributed by atoms with Gasteiger partial charge in [0, 0.05) is 5.56 Å². The van der Waals surface area contributed by atoms with Gasteiger partial charge in [0.25, 0.3) is 0 Å². The SMILES string of the molecule is CC(C)c1ccc(CO)c(OC2OC(CO)C(O)C(O)C2O)c1. The van der Waals surface area contributed by atoms with Crippen molar-refractivity contribution in [3.8, 4) is 5.75 Å². The quantitative estimate of drug-likeness (QED) is 0.493. The van der Waals surface area contributed by atoms with E-state index >= 15 is 0 Å². The van der Waals surface area contributed by atoms with E-state index in [0.717, 1.165) is 5.56 Å². The molecule has 2 rings (SSSR count). The molecule has 0 aliphatic carbocycles. The molecule has 7 nitrogen and oxygen atoms in total. The van der Waals surface area contributed by atoms with Gasteiger partial charge in [0.1, 0.15) is 30.2 Å². The third kappa shape index (κ3) is 3.82. The van der Waals surface area contributed by atoms with E-state index in [-0.39, 0.29) is 12.5 Å². The Kier molecular flexibility index (Phi) is 5.96. The maximum Gasteiger partial charge on any atom is 0.229 e. The van der Waals surface area contributed by atoms with Crippen molar-refractivity contribution in [2.75, 3.05) is 6.61 Å². The molecule has 0 aromatic heterocycles. The Bertz CT molecular complexity index is 517. The Morgan fingerprint density at radius 3 is 2.35 bits per heavy atom. The fourth-order valence-corrected chi connectivity index (χ4v) is 2.46. The van der Waals surface area contributed by atoms with E-state index in [0.29, 0.717) is 11.3 Å². The molecule has 0 radical (unpaired) electrons. The summed E-state index contributed by atoms with van der Waals surface area (Å²) < 4.78 is 10.9. The van der Waals surface area contributed by atoms with Crippen LogP contribution in [0.15, 0.2) is 18.2 Å². The summed E-state index contributed by atoms with van der Waals surface area (Å²) in [5.41, 5.74) is 1.48. The highest BCUT2D eigenvalue weighted by atomic mass is 16.7. The summed E-state index contributed by atoms with van der Waals surface area (Å²) in [7, 11) is 0. The van der Waals surface area contributed by atoms with Crippen molar-refractivity contribution in [3.63, 3.8) is 0 Å². The van der Waals surface area contributed by atoms with Crippen molar-refractivity contribution in [3.05, 3.63) is 29.3 Å². The third-order valence-corrected chi connectivity index (χ3v) is 4.02. The number of ether oxygens (including phenoxy) is 2. The van der Waals surface area contributed by atoms with Crippen molar-refractivity contribution >= 4 is 0 Å². The summed E-state index contributed by atoms with van der Waals surface area (Å²) in [6.07, 6.45) is -6.73. The minimum atomic E-state index is -1.50. The first-order valence-corrected chi connectivity index (χ1v) is 7.59. The number of aliphatic hydroxyl groups excluding tert-OH is 5. The van der Waals surface area contributed by atoms with Crippen LogP contribution in [-0.4, -0.2) is 62.8 Å². The van der Waals surface area contributed by atoms with Gasteiger partial charge in [0.05, 0.1) is 13.2 Å². The lowest BCUT2D eigenvalue weighted by Crippen LogP contribution is -2.60. The molecular weight excluding hydrogens is 304 g/mol. The van der Waals surface area contributed by atoms with Gasteiger partial charge in [-0.1, -0.05) is 26.0 Å². The first-order chi connectivity index (χ1) is 10.9. The monoisotopic (exact) mass is 328 g/mol. The molecule has 1 aliphatic heterocycles. The minimum absolute atomic E-state index is 0.236. The van der Waals surface area contributed by atoms with Crippen LogP contribution in [0.3, 0.4) is 0 Å². The number of aliphatic hydroxyl groups is 5. The van der Waals surface area contributed by atoms with Gasteiger partial charge >= 0.3 is 0 Å². The van der Waals surface area contributed by atoms with E-state index in [1.165, 1.54) is 0 Å². The second-order valence-electron chi connectivity index (χ2n) is 6.00. The Morgan fingerprint density at radius 2 is 1.78 bits per heavy atom. The lowest BCUT2D eigenvalue weighted by atomic mass is 9.99. The van der Waals surface area contributed by atoms with Gasteiger partial charge in [0.2, 0.25) is 6.29 Å². The predicted molar refractivity (Wildman–Crippen MR) is 80.8 cm³/mol. The molecule has 1 heterocycles. The second kappa shape index (κ2) is 7.57. The maximum absolute atomic E-state index is 10.0. The molecular formula is C16H24O7. The standard InChI is InChI=1S/C16H24O7/c1-8(2)9-3-4-10(6-17)11(5-9)22-16-15(21)14(20)13(19)12(7-18)23-16/h3-5,8,12-21H,6-7H2,1-2H3. The van der Waals surface area contributed by atoms with Crippen molar-refractivity contribution in [1.29, 1.82) is 0 Å². The van der Waals surface area contributed by atoms with Crippen molar-refractivity contribution in [2.45, 2.75) is 57.1 Å². The van der Waals surface area contributed by atoms with Gasteiger partial charge < -0.3 is 35.0 Å². The fraction of sp³-hybridized carbons (Fsp3) is 0.625. The molecule has 1 aromatic carbocycles. The largest absolute Gasteiger partial charge is 0.462 e. The van der Waals surface area contributed by atoms with Gasteiger partial charge in [-0.15, -0.1) is 0 Å². The van der Waals surface area contributed by atoms with E-state index in [1.807, 2.05) is 19.9 Å². The predicted octanol–water partition coefficient (Wildman–Crippen LogP) is -0.519. The van der Waals surface area contributed by atoms with Crippen LogP contribution in [0.2, 0.25) is 0 Å². The summed E-state index contributed by atoms with van der Waals surface area (Å²) in [5, 5.41) is 48.2. The van der Waals surface area contributed by atoms with Crippen LogP contribution in [0, 0.1) is 0 Å². The maximum atomic E-state index is 10.0. The molecule has 1 fully saturated rings. The summed E-state index contributed by atoms with van der Waals surface area (Å²) in [4.78, 5) is 0. The van der Waals surface area contributed by atoms with E-state index < -0.39 is 37.3 Å². The van der Waals surface area contributed by atoms with Crippen molar-refractivity contribution in [2.24, 2.45) is 0 Å². The zero-order chi connectivity index (χ0) is 17.1. The molecule has 1 aromatic rings. The first-order valence-electron chi connectivity index (χ1n) is 7.59. The van der Waals surface area contributed by atoms with Gasteiger partial charge in [-0.05, 0) is 17.5 Å². The van der Waals surface area contributed by atoms with Gasteiger partial charge in [-0.2, -0.15) is 0 Å². The van der Waals surface area contributed by atoms with Crippen molar-refractivity contribution < 1.29 is 35.0 Å². The van der Waals surface area contributed by atoms with E-state index in [4.69, 9.17) is 9.47 Å². The topological polar surface area (TPSA) is 120 Å². The molecule has 1 aliphatic rings. The normalized spacial score (nSPS) is 31.4. The Labute approximate surface area is 134 Å². The van der Waals surface area contributed by atoms with E-state index in [9.17, 15) is 25.5 Å². The summed E-state index contributed by atoms with van der Waals surface area (Å²) >= 11 is 0. The van der Waals surface area contributed by atoms with E-state index in [1.54, 1.807) is 12.1 Å². The lowest BCUT2D eigenvalue weighted by molar-refractivity contribution is -0.277. The van der Waals surface area contributed by atoms with Crippen LogP contribution in [-0.2, 0) is 11.3 Å². The molecule has 0 amide bonds. The molecule has 0 spiro atoms. The average Bonchev–Trinajstić information content (AvgIpc) is 2.55.